The van der Waals surface area contributed by atoms with Gasteiger partial charge < -0.3 is 9.42 Å². The summed E-state index contributed by atoms with van der Waals surface area (Å²) in [5.41, 5.74) is 1.37. The molecule has 0 amide bonds. The van der Waals surface area contributed by atoms with E-state index >= 15 is 0 Å². The van der Waals surface area contributed by atoms with Crippen molar-refractivity contribution in [2.75, 3.05) is 13.6 Å². The summed E-state index contributed by atoms with van der Waals surface area (Å²) in [7, 11) is 2.20. The molecule has 0 bridgehead atoms. The first-order valence-corrected chi connectivity index (χ1v) is 8.40. The maximum absolute atomic E-state index is 11.3. The SMILES string of the molecule is CN1CC[C@H](c2cc(=O)[nH]o2)C[C@H]1CC(C)(C)c1ccccc1. The van der Waals surface area contributed by atoms with E-state index in [4.69, 9.17) is 4.52 Å². The van der Waals surface area contributed by atoms with Crippen LogP contribution in [0.4, 0.5) is 0 Å². The highest BCUT2D eigenvalue weighted by molar-refractivity contribution is 5.24. The second-order valence-corrected chi connectivity index (χ2v) is 7.42. The van der Waals surface area contributed by atoms with Crippen molar-refractivity contribution in [2.45, 2.75) is 50.5 Å². The molecule has 0 saturated carbocycles. The largest absolute Gasteiger partial charge is 0.383 e. The average molecular weight is 314 g/mol. The highest BCUT2D eigenvalue weighted by Gasteiger charge is 2.33. The van der Waals surface area contributed by atoms with Crippen LogP contribution in [-0.2, 0) is 5.41 Å². The molecule has 1 aromatic carbocycles. The Balaban J connectivity index is 1.74. The zero-order valence-electron chi connectivity index (χ0n) is 14.2. The third kappa shape index (κ3) is 3.58. The number of likely N-dealkylation sites (tertiary alicyclic amines) is 1. The van der Waals surface area contributed by atoms with Gasteiger partial charge in [0, 0.05) is 18.0 Å². The van der Waals surface area contributed by atoms with Gasteiger partial charge in [-0.3, -0.25) is 4.79 Å². The number of hydrogen-bond donors (Lipinski definition) is 1. The van der Waals surface area contributed by atoms with Crippen molar-refractivity contribution in [3.8, 4) is 0 Å². The number of nitrogens with one attached hydrogen (secondary N) is 1. The average Bonchev–Trinajstić information content (AvgIpc) is 2.97. The number of hydrogen-bond acceptors (Lipinski definition) is 3. The van der Waals surface area contributed by atoms with Crippen molar-refractivity contribution in [1.82, 2.24) is 10.1 Å². The quantitative estimate of drug-likeness (QED) is 0.939. The van der Waals surface area contributed by atoms with Crippen molar-refractivity contribution in [2.24, 2.45) is 0 Å². The van der Waals surface area contributed by atoms with Gasteiger partial charge in [0.05, 0.1) is 0 Å². The van der Waals surface area contributed by atoms with E-state index in [2.05, 4.69) is 61.3 Å². The maximum Gasteiger partial charge on any atom is 0.280 e. The molecule has 2 heterocycles. The van der Waals surface area contributed by atoms with Gasteiger partial charge in [0.1, 0.15) is 5.76 Å². The normalized spacial score (nSPS) is 23.1. The fourth-order valence-electron chi connectivity index (χ4n) is 3.76. The Bertz CT molecular complexity index is 687. The van der Waals surface area contributed by atoms with Gasteiger partial charge >= 0.3 is 0 Å². The molecule has 0 unspecified atom stereocenters. The summed E-state index contributed by atoms with van der Waals surface area (Å²) in [4.78, 5) is 13.8. The van der Waals surface area contributed by atoms with E-state index in [1.54, 1.807) is 6.07 Å². The lowest BCUT2D eigenvalue weighted by atomic mass is 9.75. The van der Waals surface area contributed by atoms with Crippen molar-refractivity contribution in [3.63, 3.8) is 0 Å². The molecule has 1 N–H and O–H groups in total. The van der Waals surface area contributed by atoms with Crippen LogP contribution >= 0.6 is 0 Å². The van der Waals surface area contributed by atoms with Crippen molar-refractivity contribution < 1.29 is 4.52 Å². The van der Waals surface area contributed by atoms with Gasteiger partial charge in [0.2, 0.25) is 0 Å². The van der Waals surface area contributed by atoms with Crippen LogP contribution in [0.2, 0.25) is 0 Å². The monoisotopic (exact) mass is 314 g/mol. The van der Waals surface area contributed by atoms with Gasteiger partial charge in [-0.15, -0.1) is 0 Å². The third-order valence-electron chi connectivity index (χ3n) is 5.26. The predicted octanol–water partition coefficient (Wildman–Crippen LogP) is 3.51. The zero-order valence-corrected chi connectivity index (χ0v) is 14.2. The Hall–Kier alpha value is -1.81. The third-order valence-corrected chi connectivity index (χ3v) is 5.26. The zero-order chi connectivity index (χ0) is 16.4. The summed E-state index contributed by atoms with van der Waals surface area (Å²) in [6, 6.07) is 12.8. The lowest BCUT2D eigenvalue weighted by Gasteiger charge is -2.40. The highest BCUT2D eigenvalue weighted by Crippen LogP contribution is 2.37. The molecule has 4 heteroatoms. The Morgan fingerprint density at radius 1 is 1.30 bits per heavy atom. The van der Waals surface area contributed by atoms with Crippen molar-refractivity contribution in [3.05, 3.63) is 58.1 Å². The lowest BCUT2D eigenvalue weighted by Crippen LogP contribution is -2.42. The van der Waals surface area contributed by atoms with Gasteiger partial charge in [0.25, 0.3) is 5.56 Å². The standard InChI is InChI=1S/C19H26N2O2/c1-19(2,15-7-5-4-6-8-15)13-16-11-14(9-10-21(16)3)17-12-18(22)20-23-17/h4-8,12,14,16H,9-11,13H2,1-3H3,(H,20,22)/t14-,16-/m0/s1. The molecule has 1 aromatic heterocycles. The molecule has 124 valence electrons. The van der Waals surface area contributed by atoms with E-state index in [0.29, 0.717) is 12.0 Å². The van der Waals surface area contributed by atoms with Gasteiger partial charge in [0.15, 0.2) is 0 Å². The van der Waals surface area contributed by atoms with E-state index in [9.17, 15) is 4.79 Å². The predicted molar refractivity (Wildman–Crippen MR) is 91.8 cm³/mol. The molecule has 2 aromatic rings. The van der Waals surface area contributed by atoms with Gasteiger partial charge in [-0.25, -0.2) is 0 Å². The van der Waals surface area contributed by atoms with E-state index in [1.165, 1.54) is 5.56 Å². The first-order chi connectivity index (χ1) is 11.0. The Morgan fingerprint density at radius 3 is 2.70 bits per heavy atom. The number of H-pyrrole nitrogens is 1. The first-order valence-electron chi connectivity index (χ1n) is 8.40. The Kier molecular flexibility index (Phi) is 4.44. The molecule has 3 rings (SSSR count). The molecule has 0 aliphatic carbocycles. The number of benzene rings is 1. The van der Waals surface area contributed by atoms with Crippen LogP contribution in [0.5, 0.6) is 0 Å². The summed E-state index contributed by atoms with van der Waals surface area (Å²) in [5.74, 6) is 1.15. The number of aromatic nitrogens is 1. The van der Waals surface area contributed by atoms with Crippen LogP contribution in [-0.4, -0.2) is 29.7 Å². The number of rotatable bonds is 4. The van der Waals surface area contributed by atoms with Crippen LogP contribution in [0.1, 0.15) is 50.4 Å². The molecule has 23 heavy (non-hydrogen) atoms. The van der Waals surface area contributed by atoms with Crippen LogP contribution in [0, 0.1) is 0 Å². The number of nitrogens with zero attached hydrogens (tertiary/aromatic N) is 1. The first kappa shape index (κ1) is 16.1. The van der Waals surface area contributed by atoms with E-state index in [-0.39, 0.29) is 11.0 Å². The molecule has 0 radical (unpaired) electrons. The topological polar surface area (TPSA) is 49.2 Å². The van der Waals surface area contributed by atoms with E-state index < -0.39 is 0 Å². The summed E-state index contributed by atoms with van der Waals surface area (Å²) in [5, 5.41) is 2.42. The number of piperidine rings is 1. The Morgan fingerprint density at radius 2 is 2.04 bits per heavy atom. The summed E-state index contributed by atoms with van der Waals surface area (Å²) < 4.78 is 5.35. The van der Waals surface area contributed by atoms with Crippen LogP contribution in [0.25, 0.3) is 0 Å². The lowest BCUT2D eigenvalue weighted by molar-refractivity contribution is 0.130. The second-order valence-electron chi connectivity index (χ2n) is 7.42. The molecule has 4 nitrogen and oxygen atoms in total. The van der Waals surface area contributed by atoms with Crippen LogP contribution in [0.3, 0.4) is 0 Å². The maximum atomic E-state index is 11.3. The molecular weight excluding hydrogens is 288 g/mol. The highest BCUT2D eigenvalue weighted by atomic mass is 16.5. The van der Waals surface area contributed by atoms with E-state index in [1.807, 2.05) is 0 Å². The van der Waals surface area contributed by atoms with E-state index in [0.717, 1.165) is 31.6 Å². The minimum absolute atomic E-state index is 0.126. The summed E-state index contributed by atoms with van der Waals surface area (Å²) >= 11 is 0. The summed E-state index contributed by atoms with van der Waals surface area (Å²) in [6.45, 7) is 5.67. The van der Waals surface area contributed by atoms with Crippen LogP contribution < -0.4 is 5.56 Å². The summed E-state index contributed by atoms with van der Waals surface area (Å²) in [6.07, 6.45) is 3.17. The van der Waals surface area contributed by atoms with Crippen LogP contribution in [0.15, 0.2) is 45.7 Å². The van der Waals surface area contributed by atoms with Gasteiger partial charge in [-0.05, 0) is 43.8 Å². The fraction of sp³-hybridized carbons (Fsp3) is 0.526. The fourth-order valence-corrected chi connectivity index (χ4v) is 3.76. The number of aromatic amines is 1. The molecule has 2 atom stereocenters. The second kappa shape index (κ2) is 6.36. The molecule has 0 spiro atoms. The van der Waals surface area contributed by atoms with Crippen molar-refractivity contribution in [1.29, 1.82) is 0 Å². The molecule has 1 saturated heterocycles. The molecule has 1 aliphatic rings. The molecule has 1 fully saturated rings. The van der Waals surface area contributed by atoms with Gasteiger partial charge in [-0.2, -0.15) is 5.16 Å². The minimum atomic E-state index is -0.139. The van der Waals surface area contributed by atoms with Gasteiger partial charge in [-0.1, -0.05) is 44.2 Å². The Labute approximate surface area is 137 Å². The molecular formula is C19H26N2O2. The minimum Gasteiger partial charge on any atom is -0.383 e. The smallest absolute Gasteiger partial charge is 0.280 e. The van der Waals surface area contributed by atoms with Crippen molar-refractivity contribution >= 4 is 0 Å². The molecule has 1 aliphatic heterocycles.